The van der Waals surface area contributed by atoms with Crippen molar-refractivity contribution in [3.63, 3.8) is 0 Å². The van der Waals surface area contributed by atoms with Crippen LogP contribution in [-0.2, 0) is 0 Å². The molecule has 0 N–H and O–H groups in total. The average molecular weight is 360 g/mol. The van der Waals surface area contributed by atoms with Crippen LogP contribution in [0, 0.1) is 25.2 Å². The zero-order valence-corrected chi connectivity index (χ0v) is 15.4. The zero-order valence-electron chi connectivity index (χ0n) is 14.6. The summed E-state index contributed by atoms with van der Waals surface area (Å²) in [5.74, 6) is 0. The Balaban J connectivity index is 1.98. The molecule has 2 aromatic carbocycles. The first-order chi connectivity index (χ1) is 12.6. The highest BCUT2D eigenvalue weighted by molar-refractivity contribution is 6.30. The van der Waals surface area contributed by atoms with Crippen molar-refractivity contribution in [2.75, 3.05) is 0 Å². The smallest absolute Gasteiger partial charge is 0.117 e. The fourth-order valence-corrected chi connectivity index (χ4v) is 2.80. The van der Waals surface area contributed by atoms with Crippen LogP contribution < -0.4 is 0 Å². The van der Waals surface area contributed by atoms with Crippen LogP contribution in [0.25, 0.3) is 0 Å². The lowest BCUT2D eigenvalue weighted by Crippen LogP contribution is -2.02. The van der Waals surface area contributed by atoms with E-state index < -0.39 is 0 Å². The van der Waals surface area contributed by atoms with E-state index in [9.17, 15) is 0 Å². The second kappa shape index (κ2) is 7.95. The fraction of sp³-hybridized carbons (Fsp3) is 0.136. The van der Waals surface area contributed by atoms with Gasteiger partial charge in [0.05, 0.1) is 17.3 Å². The Kier molecular flexibility index (Phi) is 5.46. The standard InChI is InChI=1S/C22H18ClN3/c1-15-3-10-21(25-13-15)22(18-6-8-20(23)9-7-18)26-14-17-4-5-19(12-24)16(2)11-17/h3-11,13-14,22H,1-2H3. The third kappa shape index (κ3) is 4.17. The number of nitriles is 1. The molecule has 128 valence electrons. The molecule has 0 aliphatic rings. The minimum Gasteiger partial charge on any atom is -0.278 e. The summed E-state index contributed by atoms with van der Waals surface area (Å²) in [4.78, 5) is 9.32. The molecule has 0 fully saturated rings. The number of aliphatic imine (C=N–C) groups is 1. The minimum atomic E-state index is -0.219. The Morgan fingerprint density at radius 2 is 1.85 bits per heavy atom. The first-order valence-electron chi connectivity index (χ1n) is 8.29. The van der Waals surface area contributed by atoms with Crippen LogP contribution >= 0.6 is 11.6 Å². The van der Waals surface area contributed by atoms with E-state index in [1.807, 2.05) is 80.9 Å². The summed E-state index contributed by atoms with van der Waals surface area (Å²) in [5, 5.41) is 9.76. The van der Waals surface area contributed by atoms with Crippen molar-refractivity contribution in [2.24, 2.45) is 4.99 Å². The van der Waals surface area contributed by atoms with Gasteiger partial charge in [-0.3, -0.25) is 9.98 Å². The van der Waals surface area contributed by atoms with Crippen LogP contribution in [0.15, 0.2) is 65.8 Å². The molecule has 3 aromatic rings. The molecule has 1 aromatic heterocycles. The molecule has 3 nitrogen and oxygen atoms in total. The third-order valence-electron chi connectivity index (χ3n) is 4.14. The molecule has 0 bridgehead atoms. The van der Waals surface area contributed by atoms with Crippen molar-refractivity contribution in [2.45, 2.75) is 19.9 Å². The number of hydrogen-bond donors (Lipinski definition) is 0. The number of nitrogens with zero attached hydrogens (tertiary/aromatic N) is 3. The quantitative estimate of drug-likeness (QED) is 0.583. The predicted octanol–water partition coefficient (Wildman–Crippen LogP) is 5.43. The van der Waals surface area contributed by atoms with Gasteiger partial charge < -0.3 is 0 Å². The van der Waals surface area contributed by atoms with Gasteiger partial charge in [-0.05, 0) is 66.4 Å². The topological polar surface area (TPSA) is 49.0 Å². The van der Waals surface area contributed by atoms with Gasteiger partial charge in [0.15, 0.2) is 0 Å². The highest BCUT2D eigenvalue weighted by Crippen LogP contribution is 2.26. The molecule has 0 saturated heterocycles. The Labute approximate surface area is 158 Å². The molecule has 0 saturated carbocycles. The van der Waals surface area contributed by atoms with E-state index in [0.29, 0.717) is 10.6 Å². The van der Waals surface area contributed by atoms with Crippen LogP contribution in [0.5, 0.6) is 0 Å². The molecule has 4 heteroatoms. The molecular weight excluding hydrogens is 342 g/mol. The van der Waals surface area contributed by atoms with Crippen molar-refractivity contribution in [1.82, 2.24) is 4.98 Å². The van der Waals surface area contributed by atoms with Gasteiger partial charge in [0.1, 0.15) is 6.04 Å². The molecule has 0 aliphatic heterocycles. The lowest BCUT2D eigenvalue weighted by molar-refractivity contribution is 0.833. The van der Waals surface area contributed by atoms with Gasteiger partial charge in [0.2, 0.25) is 0 Å². The summed E-state index contributed by atoms with van der Waals surface area (Å²) in [7, 11) is 0. The summed E-state index contributed by atoms with van der Waals surface area (Å²) in [6, 6.07) is 19.3. The second-order valence-corrected chi connectivity index (χ2v) is 6.62. The van der Waals surface area contributed by atoms with E-state index in [1.165, 1.54) is 0 Å². The maximum atomic E-state index is 9.07. The maximum absolute atomic E-state index is 9.07. The van der Waals surface area contributed by atoms with Crippen molar-refractivity contribution >= 4 is 17.8 Å². The Bertz CT molecular complexity index is 922. The number of benzene rings is 2. The number of pyridine rings is 1. The molecule has 1 heterocycles. The van der Waals surface area contributed by atoms with E-state index in [4.69, 9.17) is 21.9 Å². The number of aryl methyl sites for hydroxylation is 2. The Morgan fingerprint density at radius 3 is 2.46 bits per heavy atom. The molecule has 1 unspecified atom stereocenters. The predicted molar refractivity (Wildman–Crippen MR) is 106 cm³/mol. The van der Waals surface area contributed by atoms with Crippen molar-refractivity contribution in [1.29, 1.82) is 5.26 Å². The summed E-state index contributed by atoms with van der Waals surface area (Å²) < 4.78 is 0. The average Bonchev–Trinajstić information content (AvgIpc) is 2.65. The number of halogens is 1. The normalized spacial score (nSPS) is 12.1. The van der Waals surface area contributed by atoms with Crippen molar-refractivity contribution < 1.29 is 0 Å². The van der Waals surface area contributed by atoms with Gasteiger partial charge in [0, 0.05) is 17.4 Å². The largest absolute Gasteiger partial charge is 0.278 e. The molecular formula is C22H18ClN3. The number of rotatable bonds is 4. The molecule has 0 spiro atoms. The van der Waals surface area contributed by atoms with Crippen LogP contribution in [0.2, 0.25) is 5.02 Å². The number of hydrogen-bond acceptors (Lipinski definition) is 3. The van der Waals surface area contributed by atoms with Crippen molar-refractivity contribution in [3.8, 4) is 6.07 Å². The van der Waals surface area contributed by atoms with Gasteiger partial charge in [-0.1, -0.05) is 35.9 Å². The molecule has 0 radical (unpaired) electrons. The molecule has 0 aliphatic carbocycles. The van der Waals surface area contributed by atoms with Gasteiger partial charge in [-0.25, -0.2) is 0 Å². The third-order valence-corrected chi connectivity index (χ3v) is 4.40. The van der Waals surface area contributed by atoms with Crippen molar-refractivity contribution in [3.05, 3.63) is 99.3 Å². The molecule has 3 rings (SSSR count). The highest BCUT2D eigenvalue weighted by atomic mass is 35.5. The molecule has 26 heavy (non-hydrogen) atoms. The summed E-state index contributed by atoms with van der Waals surface area (Å²) >= 11 is 6.02. The van der Waals surface area contributed by atoms with Gasteiger partial charge in [0.25, 0.3) is 0 Å². The minimum absolute atomic E-state index is 0.219. The van der Waals surface area contributed by atoms with E-state index in [2.05, 4.69) is 11.1 Å². The lowest BCUT2D eigenvalue weighted by Gasteiger charge is -2.13. The van der Waals surface area contributed by atoms with Gasteiger partial charge >= 0.3 is 0 Å². The summed E-state index contributed by atoms with van der Waals surface area (Å²) in [6.45, 7) is 3.94. The van der Waals surface area contributed by atoms with Gasteiger partial charge in [-0.15, -0.1) is 0 Å². The van der Waals surface area contributed by atoms with E-state index >= 15 is 0 Å². The summed E-state index contributed by atoms with van der Waals surface area (Å²) in [6.07, 6.45) is 3.68. The van der Waals surface area contributed by atoms with Gasteiger partial charge in [-0.2, -0.15) is 5.26 Å². The van der Waals surface area contributed by atoms with Crippen LogP contribution in [0.3, 0.4) is 0 Å². The first kappa shape index (κ1) is 17.8. The highest BCUT2D eigenvalue weighted by Gasteiger charge is 2.13. The Morgan fingerprint density at radius 1 is 1.08 bits per heavy atom. The lowest BCUT2D eigenvalue weighted by atomic mass is 10.0. The zero-order chi connectivity index (χ0) is 18.5. The number of aromatic nitrogens is 1. The summed E-state index contributed by atoms with van der Waals surface area (Å²) in [5.41, 5.74) is 5.57. The van der Waals surface area contributed by atoms with E-state index in [0.717, 1.165) is 27.9 Å². The van der Waals surface area contributed by atoms with Crippen LogP contribution in [0.4, 0.5) is 0 Å². The molecule has 0 amide bonds. The molecule has 1 atom stereocenters. The first-order valence-corrected chi connectivity index (χ1v) is 8.66. The van der Waals surface area contributed by atoms with Crippen LogP contribution in [-0.4, -0.2) is 11.2 Å². The van der Waals surface area contributed by atoms with E-state index in [1.54, 1.807) is 0 Å². The Hall–Kier alpha value is -2.96. The maximum Gasteiger partial charge on any atom is 0.117 e. The monoisotopic (exact) mass is 359 g/mol. The van der Waals surface area contributed by atoms with E-state index in [-0.39, 0.29) is 6.04 Å². The fourth-order valence-electron chi connectivity index (χ4n) is 2.67. The SMILES string of the molecule is Cc1ccc(C(N=Cc2ccc(C#N)c(C)c2)c2ccc(Cl)cc2)nc1. The van der Waals surface area contributed by atoms with Crippen LogP contribution in [0.1, 0.15) is 39.6 Å². The second-order valence-electron chi connectivity index (χ2n) is 6.18.